The Bertz CT molecular complexity index is 428. The van der Waals surface area contributed by atoms with E-state index in [1.54, 1.807) is 18.5 Å². The molecule has 1 saturated heterocycles. The Kier molecular flexibility index (Phi) is 4.60. The van der Waals surface area contributed by atoms with E-state index in [0.717, 1.165) is 25.9 Å². The summed E-state index contributed by atoms with van der Waals surface area (Å²) in [5.74, 6) is 0.254. The largest absolute Gasteiger partial charge is 0.367 e. The summed E-state index contributed by atoms with van der Waals surface area (Å²) in [5.41, 5.74) is 0.688. The highest BCUT2D eigenvalue weighted by Gasteiger charge is 2.22. The fourth-order valence-corrected chi connectivity index (χ4v) is 2.38. The highest BCUT2D eigenvalue weighted by atomic mass is 16.2. The van der Waals surface area contributed by atoms with Crippen LogP contribution < -0.4 is 0 Å². The summed E-state index contributed by atoms with van der Waals surface area (Å²) >= 11 is 0. The lowest BCUT2D eigenvalue weighted by Gasteiger charge is -2.21. The standard InChI is InChI=1S/C14H21N3O2/c1-2-4-13(18)16-7-3-8-17(10-9-16)14(19)12-5-6-15-11-12/h5-6,11,15H,2-4,7-10H2,1H3. The van der Waals surface area contributed by atoms with Gasteiger partial charge in [0.05, 0.1) is 5.56 Å². The molecule has 1 aromatic heterocycles. The molecule has 2 heterocycles. The predicted molar refractivity (Wildman–Crippen MR) is 72.8 cm³/mol. The van der Waals surface area contributed by atoms with E-state index in [1.807, 2.05) is 16.7 Å². The second-order valence-electron chi connectivity index (χ2n) is 4.88. The number of nitrogens with one attached hydrogen (secondary N) is 1. The Morgan fingerprint density at radius 3 is 2.63 bits per heavy atom. The molecule has 0 aliphatic carbocycles. The van der Waals surface area contributed by atoms with E-state index < -0.39 is 0 Å². The van der Waals surface area contributed by atoms with Crippen LogP contribution in [-0.2, 0) is 4.79 Å². The molecule has 0 saturated carbocycles. The Morgan fingerprint density at radius 2 is 1.95 bits per heavy atom. The summed E-state index contributed by atoms with van der Waals surface area (Å²) in [4.78, 5) is 30.7. The monoisotopic (exact) mass is 263 g/mol. The molecule has 0 radical (unpaired) electrons. The van der Waals surface area contributed by atoms with Crippen molar-refractivity contribution in [3.63, 3.8) is 0 Å². The fraction of sp³-hybridized carbons (Fsp3) is 0.571. The van der Waals surface area contributed by atoms with E-state index in [4.69, 9.17) is 0 Å². The van der Waals surface area contributed by atoms with E-state index in [0.29, 0.717) is 25.1 Å². The summed E-state index contributed by atoms with van der Waals surface area (Å²) in [6.45, 7) is 4.77. The molecule has 0 bridgehead atoms. The molecule has 1 N–H and O–H groups in total. The molecular formula is C14H21N3O2. The Hall–Kier alpha value is -1.78. The minimum absolute atomic E-state index is 0.0473. The number of carbonyl (C=O) groups is 2. The first-order valence-corrected chi connectivity index (χ1v) is 6.92. The molecule has 2 rings (SSSR count). The molecule has 0 atom stereocenters. The maximum atomic E-state index is 12.2. The number of aromatic nitrogens is 1. The van der Waals surface area contributed by atoms with Gasteiger partial charge in [0.25, 0.3) is 5.91 Å². The normalized spacial score (nSPS) is 16.3. The summed E-state index contributed by atoms with van der Waals surface area (Å²) in [6, 6.07) is 1.78. The molecule has 104 valence electrons. The number of carbonyl (C=O) groups excluding carboxylic acids is 2. The zero-order valence-electron chi connectivity index (χ0n) is 11.4. The molecule has 1 fully saturated rings. The van der Waals surface area contributed by atoms with Gasteiger partial charge in [-0.1, -0.05) is 6.92 Å². The number of nitrogens with zero attached hydrogens (tertiary/aromatic N) is 2. The average molecular weight is 263 g/mol. The second-order valence-corrected chi connectivity index (χ2v) is 4.88. The Labute approximate surface area is 113 Å². The van der Waals surface area contributed by atoms with E-state index in [2.05, 4.69) is 4.98 Å². The first-order chi connectivity index (χ1) is 9.22. The van der Waals surface area contributed by atoms with Crippen LogP contribution >= 0.6 is 0 Å². The Morgan fingerprint density at radius 1 is 1.21 bits per heavy atom. The van der Waals surface area contributed by atoms with Crippen molar-refractivity contribution in [2.24, 2.45) is 0 Å². The fourth-order valence-electron chi connectivity index (χ4n) is 2.38. The molecule has 1 aliphatic rings. The van der Waals surface area contributed by atoms with E-state index in [9.17, 15) is 9.59 Å². The van der Waals surface area contributed by atoms with Gasteiger partial charge in [-0.3, -0.25) is 9.59 Å². The lowest BCUT2D eigenvalue weighted by atomic mass is 10.3. The van der Waals surface area contributed by atoms with Crippen LogP contribution in [0, 0.1) is 0 Å². The van der Waals surface area contributed by atoms with Gasteiger partial charge in [-0.2, -0.15) is 0 Å². The van der Waals surface area contributed by atoms with Gasteiger partial charge in [0.1, 0.15) is 0 Å². The Balaban J connectivity index is 1.93. The lowest BCUT2D eigenvalue weighted by Crippen LogP contribution is -2.37. The molecule has 1 aliphatic heterocycles. The van der Waals surface area contributed by atoms with Gasteiger partial charge in [0, 0.05) is 45.0 Å². The van der Waals surface area contributed by atoms with Crippen molar-refractivity contribution in [1.29, 1.82) is 0 Å². The van der Waals surface area contributed by atoms with E-state index >= 15 is 0 Å². The molecular weight excluding hydrogens is 242 g/mol. The van der Waals surface area contributed by atoms with E-state index in [-0.39, 0.29) is 11.8 Å². The molecule has 5 heteroatoms. The maximum Gasteiger partial charge on any atom is 0.255 e. The van der Waals surface area contributed by atoms with Gasteiger partial charge in [0.15, 0.2) is 0 Å². The number of amides is 2. The van der Waals surface area contributed by atoms with Crippen LogP contribution in [0.4, 0.5) is 0 Å². The highest BCUT2D eigenvalue weighted by molar-refractivity contribution is 5.94. The SMILES string of the molecule is CCCC(=O)N1CCCN(C(=O)c2cc[nH]c2)CC1. The van der Waals surface area contributed by atoms with Crippen LogP contribution in [0.1, 0.15) is 36.5 Å². The first-order valence-electron chi connectivity index (χ1n) is 6.92. The number of hydrogen-bond acceptors (Lipinski definition) is 2. The third-order valence-corrected chi connectivity index (χ3v) is 3.44. The molecule has 5 nitrogen and oxygen atoms in total. The van der Waals surface area contributed by atoms with Gasteiger partial charge in [-0.25, -0.2) is 0 Å². The zero-order chi connectivity index (χ0) is 13.7. The second kappa shape index (κ2) is 6.41. The quantitative estimate of drug-likeness (QED) is 0.898. The molecule has 1 aromatic rings. The van der Waals surface area contributed by atoms with Crippen molar-refractivity contribution in [2.45, 2.75) is 26.2 Å². The smallest absolute Gasteiger partial charge is 0.255 e. The number of aromatic amines is 1. The van der Waals surface area contributed by atoms with Gasteiger partial charge in [-0.05, 0) is 18.9 Å². The average Bonchev–Trinajstić information content (AvgIpc) is 2.82. The van der Waals surface area contributed by atoms with Crippen LogP contribution in [-0.4, -0.2) is 52.8 Å². The highest BCUT2D eigenvalue weighted by Crippen LogP contribution is 2.10. The topological polar surface area (TPSA) is 56.4 Å². The third kappa shape index (κ3) is 3.36. The maximum absolute atomic E-state index is 12.2. The molecule has 0 unspecified atom stereocenters. The minimum Gasteiger partial charge on any atom is -0.367 e. The predicted octanol–water partition coefficient (Wildman–Crippen LogP) is 1.49. The summed E-state index contributed by atoms with van der Waals surface area (Å²) in [6.07, 6.45) is 5.80. The number of H-pyrrole nitrogens is 1. The van der Waals surface area contributed by atoms with Crippen molar-refractivity contribution in [3.8, 4) is 0 Å². The van der Waals surface area contributed by atoms with Crippen molar-refractivity contribution in [2.75, 3.05) is 26.2 Å². The van der Waals surface area contributed by atoms with Gasteiger partial charge in [-0.15, -0.1) is 0 Å². The number of hydrogen-bond donors (Lipinski definition) is 1. The van der Waals surface area contributed by atoms with Gasteiger partial charge < -0.3 is 14.8 Å². The minimum atomic E-state index is 0.0473. The summed E-state index contributed by atoms with van der Waals surface area (Å²) in [7, 11) is 0. The van der Waals surface area contributed by atoms with Crippen LogP contribution in [0.2, 0.25) is 0 Å². The third-order valence-electron chi connectivity index (χ3n) is 3.44. The van der Waals surface area contributed by atoms with Crippen LogP contribution in [0.5, 0.6) is 0 Å². The van der Waals surface area contributed by atoms with Gasteiger partial charge in [0.2, 0.25) is 5.91 Å². The van der Waals surface area contributed by atoms with Gasteiger partial charge >= 0.3 is 0 Å². The van der Waals surface area contributed by atoms with Crippen LogP contribution in [0.3, 0.4) is 0 Å². The molecule has 0 aromatic carbocycles. The molecule has 0 spiro atoms. The molecule has 2 amide bonds. The first kappa shape index (κ1) is 13.6. The van der Waals surface area contributed by atoms with E-state index in [1.165, 1.54) is 0 Å². The van der Waals surface area contributed by atoms with Crippen molar-refractivity contribution in [1.82, 2.24) is 14.8 Å². The van der Waals surface area contributed by atoms with Crippen LogP contribution in [0.25, 0.3) is 0 Å². The lowest BCUT2D eigenvalue weighted by molar-refractivity contribution is -0.131. The van der Waals surface area contributed by atoms with Crippen molar-refractivity contribution in [3.05, 3.63) is 24.0 Å². The summed E-state index contributed by atoms with van der Waals surface area (Å²) in [5, 5.41) is 0. The van der Waals surface area contributed by atoms with Crippen molar-refractivity contribution >= 4 is 11.8 Å². The van der Waals surface area contributed by atoms with Crippen LogP contribution in [0.15, 0.2) is 18.5 Å². The molecule has 19 heavy (non-hydrogen) atoms. The summed E-state index contributed by atoms with van der Waals surface area (Å²) < 4.78 is 0. The number of rotatable bonds is 3. The zero-order valence-corrected chi connectivity index (χ0v) is 11.4. The van der Waals surface area contributed by atoms with Crippen molar-refractivity contribution < 1.29 is 9.59 Å².